The number of rotatable bonds is 4. The maximum Gasteiger partial charge on any atom is 0.182 e. The summed E-state index contributed by atoms with van der Waals surface area (Å²) in [6, 6.07) is 4.16. The van der Waals surface area contributed by atoms with Crippen LogP contribution >= 0.6 is 0 Å². The second kappa shape index (κ2) is 4.67. The van der Waals surface area contributed by atoms with E-state index in [0.717, 1.165) is 18.7 Å². The molecule has 74 valence electrons. The number of hydrogen-bond acceptors (Lipinski definition) is 3. The maximum atomic E-state index is 5.77. The summed E-state index contributed by atoms with van der Waals surface area (Å²) in [4.78, 5) is 1.86. The molecule has 1 atom stereocenters. The smallest absolute Gasteiger partial charge is 0.182 e. The Bertz CT molecular complexity index is 263. The summed E-state index contributed by atoms with van der Waals surface area (Å²) >= 11 is 0. The van der Waals surface area contributed by atoms with Crippen molar-refractivity contribution in [3.63, 3.8) is 0 Å². The molecule has 3 nitrogen and oxygen atoms in total. The maximum absolute atomic E-state index is 5.77. The molecule has 1 aliphatic heterocycles. The van der Waals surface area contributed by atoms with Crippen LogP contribution in [-0.4, -0.2) is 32.0 Å². The summed E-state index contributed by atoms with van der Waals surface area (Å²) in [6.07, 6.45) is 3.96. The van der Waals surface area contributed by atoms with Gasteiger partial charge in [-0.25, -0.2) is 0 Å². The highest BCUT2D eigenvalue weighted by Gasteiger charge is 2.20. The van der Waals surface area contributed by atoms with Crippen molar-refractivity contribution < 1.29 is 9.15 Å². The molecule has 14 heavy (non-hydrogen) atoms. The van der Waals surface area contributed by atoms with Gasteiger partial charge in [-0.15, -0.1) is 0 Å². The molecule has 2 radical (unpaired) electrons. The molecule has 1 fully saturated rings. The lowest BCUT2D eigenvalue weighted by Crippen LogP contribution is -2.30. The molecule has 2 heterocycles. The lowest BCUT2D eigenvalue weighted by Gasteiger charge is -2.19. The summed E-state index contributed by atoms with van der Waals surface area (Å²) in [5.41, 5.74) is 0. The van der Waals surface area contributed by atoms with Gasteiger partial charge in [0.25, 0.3) is 0 Å². The van der Waals surface area contributed by atoms with Crippen molar-refractivity contribution in [3.8, 4) is 0 Å². The van der Waals surface area contributed by atoms with Crippen molar-refractivity contribution in [2.24, 2.45) is 0 Å². The zero-order valence-corrected chi connectivity index (χ0v) is 8.19. The first-order chi connectivity index (χ1) is 6.86. The molecule has 2 rings (SSSR count). The number of furan rings is 1. The number of nitrogens with zero attached hydrogens (tertiary/aromatic N) is 1. The Morgan fingerprint density at radius 3 is 3.21 bits per heavy atom. The first kappa shape index (κ1) is 9.81. The van der Waals surface area contributed by atoms with Gasteiger partial charge in [0.1, 0.15) is 12.4 Å². The van der Waals surface area contributed by atoms with Crippen molar-refractivity contribution in [1.82, 2.24) is 4.81 Å². The van der Waals surface area contributed by atoms with Crippen molar-refractivity contribution in [2.75, 3.05) is 13.2 Å². The van der Waals surface area contributed by atoms with E-state index in [4.69, 9.17) is 17.1 Å². The van der Waals surface area contributed by atoms with Crippen LogP contribution in [0.15, 0.2) is 22.8 Å². The Balaban J connectivity index is 1.68. The minimum absolute atomic E-state index is 0.380. The standard InChI is InChI=1S/C10H14BNO2/c11-12-5-1-3-9(12)7-13-8-10-4-2-6-14-10/h2,4,6,9H,1,3,5,7-8H2. The molecule has 0 saturated carbocycles. The third kappa shape index (κ3) is 2.39. The van der Waals surface area contributed by atoms with Crippen LogP contribution < -0.4 is 0 Å². The highest BCUT2D eigenvalue weighted by molar-refractivity contribution is 6.04. The molecule has 0 amide bonds. The van der Waals surface area contributed by atoms with Gasteiger partial charge in [0, 0.05) is 6.04 Å². The van der Waals surface area contributed by atoms with Crippen molar-refractivity contribution in [3.05, 3.63) is 24.2 Å². The summed E-state index contributed by atoms with van der Waals surface area (Å²) in [5.74, 6) is 0.867. The van der Waals surface area contributed by atoms with Crippen molar-refractivity contribution >= 4 is 7.98 Å². The molecule has 0 bridgehead atoms. The Hall–Kier alpha value is -0.735. The zero-order chi connectivity index (χ0) is 9.80. The fourth-order valence-electron chi connectivity index (χ4n) is 1.73. The van der Waals surface area contributed by atoms with Gasteiger partial charge in [-0.3, -0.25) is 0 Å². The zero-order valence-electron chi connectivity index (χ0n) is 8.19. The molecule has 0 aliphatic carbocycles. The summed E-state index contributed by atoms with van der Waals surface area (Å²) in [7, 11) is 5.77. The van der Waals surface area contributed by atoms with Crippen LogP contribution in [0.5, 0.6) is 0 Å². The Morgan fingerprint density at radius 1 is 1.64 bits per heavy atom. The third-order valence-electron chi connectivity index (χ3n) is 2.56. The first-order valence-corrected chi connectivity index (χ1v) is 4.98. The van der Waals surface area contributed by atoms with Gasteiger partial charge in [-0.2, -0.15) is 0 Å². The van der Waals surface area contributed by atoms with Gasteiger partial charge in [-0.05, 0) is 31.5 Å². The van der Waals surface area contributed by atoms with Crippen molar-refractivity contribution in [1.29, 1.82) is 0 Å². The van der Waals surface area contributed by atoms with E-state index >= 15 is 0 Å². The highest BCUT2D eigenvalue weighted by atomic mass is 16.5. The molecular formula is C10H14BNO2. The van der Waals surface area contributed by atoms with Crippen molar-refractivity contribution in [2.45, 2.75) is 25.5 Å². The van der Waals surface area contributed by atoms with Gasteiger partial charge >= 0.3 is 0 Å². The molecule has 1 aliphatic rings. The van der Waals surface area contributed by atoms with Crippen LogP contribution in [0.25, 0.3) is 0 Å². The first-order valence-electron chi connectivity index (χ1n) is 4.98. The Labute approximate surface area is 85.5 Å². The average molecular weight is 191 g/mol. The van der Waals surface area contributed by atoms with Gasteiger partial charge in [-0.1, -0.05) is 0 Å². The van der Waals surface area contributed by atoms with Gasteiger partial charge in [0.05, 0.1) is 12.9 Å². The molecule has 4 heteroatoms. The molecule has 1 aromatic heterocycles. The predicted octanol–water partition coefficient (Wildman–Crippen LogP) is 1.34. The Kier molecular flexibility index (Phi) is 3.27. The van der Waals surface area contributed by atoms with Crippen LogP contribution in [0, 0.1) is 0 Å². The summed E-state index contributed by atoms with van der Waals surface area (Å²) in [5, 5.41) is 0. The molecule has 0 aromatic carbocycles. The van der Waals surface area contributed by atoms with E-state index in [1.165, 1.54) is 6.42 Å². The van der Waals surface area contributed by atoms with Crippen LogP contribution in [-0.2, 0) is 11.3 Å². The van der Waals surface area contributed by atoms with Crippen LogP contribution in [0.3, 0.4) is 0 Å². The summed E-state index contributed by atoms with van der Waals surface area (Å²) in [6.45, 7) is 2.21. The quantitative estimate of drug-likeness (QED) is 0.671. The topological polar surface area (TPSA) is 25.6 Å². The van der Waals surface area contributed by atoms with Gasteiger partial charge in [0.2, 0.25) is 0 Å². The highest BCUT2D eigenvalue weighted by Crippen LogP contribution is 2.14. The van der Waals surface area contributed by atoms with E-state index in [9.17, 15) is 0 Å². The minimum atomic E-state index is 0.380. The predicted molar refractivity (Wildman–Crippen MR) is 53.8 cm³/mol. The van der Waals surface area contributed by atoms with E-state index in [1.807, 2.05) is 16.9 Å². The van der Waals surface area contributed by atoms with Crippen LogP contribution in [0.2, 0.25) is 0 Å². The molecule has 1 aromatic rings. The van der Waals surface area contributed by atoms with Crippen LogP contribution in [0.4, 0.5) is 0 Å². The molecule has 0 N–H and O–H groups in total. The van der Waals surface area contributed by atoms with Gasteiger partial charge in [0.15, 0.2) is 7.98 Å². The number of hydrogen-bond donors (Lipinski definition) is 0. The normalized spacial score (nSPS) is 23.0. The fraction of sp³-hybridized carbons (Fsp3) is 0.600. The number of ether oxygens (including phenoxy) is 1. The fourth-order valence-corrected chi connectivity index (χ4v) is 1.73. The van der Waals surface area contributed by atoms with E-state index in [1.54, 1.807) is 6.26 Å². The SMILES string of the molecule is [B]N1CCCC1COCc1ccco1. The average Bonchev–Trinajstić information content (AvgIpc) is 2.78. The minimum Gasteiger partial charge on any atom is -0.467 e. The van der Waals surface area contributed by atoms with E-state index in [2.05, 4.69) is 0 Å². The lowest BCUT2D eigenvalue weighted by molar-refractivity contribution is 0.0765. The largest absolute Gasteiger partial charge is 0.467 e. The Morgan fingerprint density at radius 2 is 2.57 bits per heavy atom. The molecule has 1 unspecified atom stereocenters. The monoisotopic (exact) mass is 191 g/mol. The van der Waals surface area contributed by atoms with Crippen LogP contribution in [0.1, 0.15) is 18.6 Å². The molecule has 1 saturated heterocycles. The second-order valence-electron chi connectivity index (χ2n) is 3.63. The lowest BCUT2D eigenvalue weighted by atomic mass is 10.2. The van der Waals surface area contributed by atoms with Gasteiger partial charge < -0.3 is 14.0 Å². The molecular weight excluding hydrogens is 177 g/mol. The van der Waals surface area contributed by atoms with E-state index < -0.39 is 0 Å². The third-order valence-corrected chi connectivity index (χ3v) is 2.56. The van der Waals surface area contributed by atoms with E-state index in [-0.39, 0.29) is 0 Å². The second-order valence-corrected chi connectivity index (χ2v) is 3.63. The van der Waals surface area contributed by atoms with E-state index in [0.29, 0.717) is 19.3 Å². The molecule has 0 spiro atoms. The summed E-state index contributed by atoms with van der Waals surface area (Å²) < 4.78 is 10.7.